The summed E-state index contributed by atoms with van der Waals surface area (Å²) in [6.07, 6.45) is 9.79. The van der Waals surface area contributed by atoms with Crippen LogP contribution in [0.2, 0.25) is 0 Å². The van der Waals surface area contributed by atoms with E-state index in [1.807, 2.05) is 17.7 Å². The number of amides is 1. The van der Waals surface area contributed by atoms with E-state index in [1.54, 1.807) is 0 Å². The number of fused-ring (bicyclic) bond motifs is 1. The molecule has 0 atom stereocenters. The second kappa shape index (κ2) is 8.05. The van der Waals surface area contributed by atoms with Gasteiger partial charge in [0.1, 0.15) is 5.82 Å². The average molecular weight is 413 g/mol. The van der Waals surface area contributed by atoms with Crippen molar-refractivity contribution in [1.29, 1.82) is 0 Å². The first-order chi connectivity index (χ1) is 14.2. The third-order valence-electron chi connectivity index (χ3n) is 6.77. The van der Waals surface area contributed by atoms with Crippen molar-refractivity contribution in [2.75, 3.05) is 5.32 Å². The van der Waals surface area contributed by atoms with Crippen LogP contribution in [-0.4, -0.2) is 21.7 Å². The van der Waals surface area contributed by atoms with Gasteiger partial charge in [-0.1, -0.05) is 39.5 Å². The third kappa shape index (κ3) is 4.09. The average Bonchev–Trinajstić information content (AvgIpc) is 2.81. The molecule has 3 N–H and O–H groups in total. The van der Waals surface area contributed by atoms with Gasteiger partial charge in [0, 0.05) is 17.8 Å². The van der Waals surface area contributed by atoms with Gasteiger partial charge in [0.2, 0.25) is 0 Å². The summed E-state index contributed by atoms with van der Waals surface area (Å²) >= 11 is 0. The van der Waals surface area contributed by atoms with Gasteiger partial charge < -0.3 is 11.1 Å². The summed E-state index contributed by atoms with van der Waals surface area (Å²) < 4.78 is 17.0. The van der Waals surface area contributed by atoms with Crippen molar-refractivity contribution in [2.45, 2.75) is 84.6 Å². The molecule has 6 heteroatoms. The molecule has 1 amide bonds. The number of nitrogens with one attached hydrogen (secondary N) is 1. The molecule has 1 aromatic heterocycles. The van der Waals surface area contributed by atoms with Crippen LogP contribution in [0.1, 0.15) is 86.1 Å². The topological polar surface area (TPSA) is 72.9 Å². The van der Waals surface area contributed by atoms with Crippen molar-refractivity contribution < 1.29 is 9.18 Å². The molecule has 162 valence electrons. The van der Waals surface area contributed by atoms with Gasteiger partial charge in [0.15, 0.2) is 0 Å². The number of carbonyl (C=O) groups excluding carboxylic acids is 1. The minimum Gasteiger partial charge on any atom is -0.382 e. The predicted molar refractivity (Wildman–Crippen MR) is 118 cm³/mol. The summed E-state index contributed by atoms with van der Waals surface area (Å²) in [4.78, 5) is 12.0. The quantitative estimate of drug-likeness (QED) is 0.689. The van der Waals surface area contributed by atoms with Crippen molar-refractivity contribution in [3.8, 4) is 5.69 Å². The minimum atomic E-state index is -0.741. The molecule has 0 saturated heterocycles. The van der Waals surface area contributed by atoms with Crippen LogP contribution in [0.3, 0.4) is 0 Å². The lowest BCUT2D eigenvalue weighted by Crippen LogP contribution is -2.25. The Balaban J connectivity index is 1.77. The van der Waals surface area contributed by atoms with Crippen LogP contribution in [0.15, 0.2) is 12.1 Å². The third-order valence-corrected chi connectivity index (χ3v) is 6.77. The lowest BCUT2D eigenvalue weighted by atomic mass is 9.76. The highest BCUT2D eigenvalue weighted by Crippen LogP contribution is 2.37. The SMILES string of the molecule is Cc1nn(-c2cc(F)c(C(N)=O)c(NC3CCCCCC3)c2)c2c1CCC(C)(C)C2. The Morgan fingerprint density at radius 3 is 2.60 bits per heavy atom. The molecule has 0 unspecified atom stereocenters. The summed E-state index contributed by atoms with van der Waals surface area (Å²) in [7, 11) is 0. The van der Waals surface area contributed by atoms with E-state index in [-0.39, 0.29) is 17.0 Å². The number of rotatable bonds is 4. The smallest absolute Gasteiger partial charge is 0.253 e. The lowest BCUT2D eigenvalue weighted by molar-refractivity contribution is 0.0997. The van der Waals surface area contributed by atoms with Gasteiger partial charge in [0.25, 0.3) is 5.91 Å². The number of carbonyl (C=O) groups is 1. The van der Waals surface area contributed by atoms with Crippen LogP contribution in [-0.2, 0) is 12.8 Å². The van der Waals surface area contributed by atoms with Crippen LogP contribution >= 0.6 is 0 Å². The number of anilines is 1. The number of nitrogens with zero attached hydrogens (tertiary/aromatic N) is 2. The molecule has 0 bridgehead atoms. The van der Waals surface area contributed by atoms with Crippen molar-refractivity contribution in [2.24, 2.45) is 11.1 Å². The van der Waals surface area contributed by atoms with Crippen molar-refractivity contribution >= 4 is 11.6 Å². The molecule has 1 heterocycles. The van der Waals surface area contributed by atoms with Crippen molar-refractivity contribution in [3.63, 3.8) is 0 Å². The Hall–Kier alpha value is -2.37. The first-order valence-corrected chi connectivity index (χ1v) is 11.2. The predicted octanol–water partition coefficient (Wildman–Crippen LogP) is 5.07. The molecule has 2 aromatic rings. The minimum absolute atomic E-state index is 0.0546. The molecular formula is C24H33FN4O. The Morgan fingerprint density at radius 2 is 1.93 bits per heavy atom. The molecule has 1 aromatic carbocycles. The highest BCUT2D eigenvalue weighted by Gasteiger charge is 2.31. The number of halogens is 1. The molecule has 2 aliphatic rings. The van der Waals surface area contributed by atoms with Crippen LogP contribution in [0.4, 0.5) is 10.1 Å². The standard InChI is InChI=1S/C24H33FN4O/c1-15-18-10-11-24(2,3)14-21(18)29(28-15)17-12-19(25)22(23(26)30)20(13-17)27-16-8-6-4-5-7-9-16/h12-13,16,27H,4-11,14H2,1-3H3,(H2,26,30). The highest BCUT2D eigenvalue weighted by molar-refractivity contribution is 5.99. The summed E-state index contributed by atoms with van der Waals surface area (Å²) in [5, 5.41) is 8.20. The van der Waals surface area contributed by atoms with E-state index >= 15 is 4.39 Å². The second-order valence-corrected chi connectivity index (χ2v) is 9.81. The largest absolute Gasteiger partial charge is 0.382 e. The van der Waals surface area contributed by atoms with Crippen LogP contribution in [0.5, 0.6) is 0 Å². The summed E-state index contributed by atoms with van der Waals surface area (Å²) in [5.74, 6) is -1.33. The van der Waals surface area contributed by atoms with E-state index in [9.17, 15) is 4.79 Å². The first kappa shape index (κ1) is 20.9. The Labute approximate surface area is 178 Å². The fourth-order valence-electron chi connectivity index (χ4n) is 5.06. The zero-order valence-electron chi connectivity index (χ0n) is 18.4. The van der Waals surface area contributed by atoms with Crippen LogP contribution < -0.4 is 11.1 Å². The molecule has 1 saturated carbocycles. The summed E-state index contributed by atoms with van der Waals surface area (Å²) in [6.45, 7) is 6.54. The van der Waals surface area contributed by atoms with Crippen molar-refractivity contribution in [1.82, 2.24) is 9.78 Å². The van der Waals surface area contributed by atoms with Gasteiger partial charge in [-0.2, -0.15) is 5.10 Å². The van der Waals surface area contributed by atoms with Crippen LogP contribution in [0, 0.1) is 18.2 Å². The zero-order valence-corrected chi connectivity index (χ0v) is 18.4. The zero-order chi connectivity index (χ0) is 21.5. The normalized spacial score (nSPS) is 19.2. The van der Waals surface area contributed by atoms with Gasteiger partial charge in [-0.25, -0.2) is 9.07 Å². The van der Waals surface area contributed by atoms with E-state index in [1.165, 1.54) is 24.5 Å². The van der Waals surface area contributed by atoms with Gasteiger partial charge in [-0.05, 0) is 56.1 Å². The maximum atomic E-state index is 15.1. The molecule has 4 rings (SSSR count). The van der Waals surface area contributed by atoms with Gasteiger partial charge >= 0.3 is 0 Å². The summed E-state index contributed by atoms with van der Waals surface area (Å²) in [5.41, 5.74) is 10.2. The maximum Gasteiger partial charge on any atom is 0.253 e. The number of aryl methyl sites for hydroxylation is 1. The molecule has 1 fully saturated rings. The Bertz CT molecular complexity index is 955. The lowest BCUT2D eigenvalue weighted by Gasteiger charge is -2.30. The van der Waals surface area contributed by atoms with Crippen LogP contribution in [0.25, 0.3) is 5.69 Å². The van der Waals surface area contributed by atoms with E-state index in [0.717, 1.165) is 56.3 Å². The first-order valence-electron chi connectivity index (χ1n) is 11.2. The summed E-state index contributed by atoms with van der Waals surface area (Å²) in [6, 6.07) is 3.47. The van der Waals surface area contributed by atoms with Crippen molar-refractivity contribution in [3.05, 3.63) is 40.5 Å². The number of benzene rings is 1. The Kier molecular flexibility index (Phi) is 5.60. The van der Waals surface area contributed by atoms with E-state index < -0.39 is 11.7 Å². The number of hydrogen-bond acceptors (Lipinski definition) is 3. The Morgan fingerprint density at radius 1 is 1.23 bits per heavy atom. The number of aromatic nitrogens is 2. The fraction of sp³-hybridized carbons (Fsp3) is 0.583. The van der Waals surface area contributed by atoms with Gasteiger partial charge in [0.05, 0.1) is 22.6 Å². The molecule has 30 heavy (non-hydrogen) atoms. The molecule has 0 aliphatic heterocycles. The fourth-order valence-corrected chi connectivity index (χ4v) is 5.06. The number of primary amides is 1. The molecule has 5 nitrogen and oxygen atoms in total. The van der Waals surface area contributed by atoms with Gasteiger partial charge in [-0.3, -0.25) is 4.79 Å². The second-order valence-electron chi connectivity index (χ2n) is 9.81. The van der Waals surface area contributed by atoms with E-state index in [2.05, 4.69) is 19.2 Å². The van der Waals surface area contributed by atoms with Gasteiger partial charge in [-0.15, -0.1) is 0 Å². The number of nitrogens with two attached hydrogens (primary N) is 1. The maximum absolute atomic E-state index is 15.1. The molecular weight excluding hydrogens is 379 g/mol. The number of hydrogen-bond donors (Lipinski definition) is 2. The van der Waals surface area contributed by atoms with E-state index in [4.69, 9.17) is 10.8 Å². The van der Waals surface area contributed by atoms with E-state index in [0.29, 0.717) is 11.4 Å². The monoisotopic (exact) mass is 412 g/mol. The molecule has 0 spiro atoms. The molecule has 2 aliphatic carbocycles. The highest BCUT2D eigenvalue weighted by atomic mass is 19.1. The molecule has 0 radical (unpaired) electrons.